The topological polar surface area (TPSA) is 27.0 Å². The standard InChI is InChI=1S/C12H14F2N2/c1-10(8-15)16(2)9-12(13,14)11-6-4-3-5-7-11/h3-7,10H,9H2,1-2H3. The number of likely N-dealkylation sites (N-methyl/N-ethyl adjacent to an activating group) is 1. The maximum absolute atomic E-state index is 13.8. The molecule has 2 nitrogen and oxygen atoms in total. The van der Waals surface area contributed by atoms with Crippen molar-refractivity contribution in [3.8, 4) is 6.07 Å². The lowest BCUT2D eigenvalue weighted by Gasteiger charge is -2.25. The third kappa shape index (κ3) is 3.01. The number of rotatable bonds is 4. The van der Waals surface area contributed by atoms with Crippen LogP contribution in [-0.2, 0) is 5.92 Å². The Balaban J connectivity index is 2.77. The molecule has 0 saturated carbocycles. The Kier molecular flexibility index (Phi) is 3.97. The Morgan fingerprint density at radius 3 is 2.44 bits per heavy atom. The maximum atomic E-state index is 13.8. The fourth-order valence-corrected chi connectivity index (χ4v) is 1.32. The predicted molar refractivity (Wildman–Crippen MR) is 58.0 cm³/mol. The average Bonchev–Trinajstić information content (AvgIpc) is 2.28. The Bertz CT molecular complexity index is 370. The van der Waals surface area contributed by atoms with Crippen LogP contribution in [0.25, 0.3) is 0 Å². The average molecular weight is 224 g/mol. The van der Waals surface area contributed by atoms with E-state index in [1.54, 1.807) is 25.1 Å². The van der Waals surface area contributed by atoms with E-state index in [2.05, 4.69) is 0 Å². The maximum Gasteiger partial charge on any atom is 0.285 e. The van der Waals surface area contributed by atoms with Gasteiger partial charge in [0.25, 0.3) is 5.92 Å². The first-order valence-electron chi connectivity index (χ1n) is 5.00. The second-order valence-corrected chi connectivity index (χ2v) is 3.79. The van der Waals surface area contributed by atoms with Gasteiger partial charge in [-0.1, -0.05) is 30.3 Å². The summed E-state index contributed by atoms with van der Waals surface area (Å²) in [6, 6.07) is 9.06. The van der Waals surface area contributed by atoms with Crippen LogP contribution >= 0.6 is 0 Å². The molecule has 0 amide bonds. The number of halogens is 2. The molecule has 0 aliphatic carbocycles. The van der Waals surface area contributed by atoms with Gasteiger partial charge in [-0.15, -0.1) is 0 Å². The van der Waals surface area contributed by atoms with E-state index < -0.39 is 18.5 Å². The Morgan fingerprint density at radius 2 is 1.94 bits per heavy atom. The first kappa shape index (κ1) is 12.6. The monoisotopic (exact) mass is 224 g/mol. The van der Waals surface area contributed by atoms with Crippen molar-refractivity contribution in [2.75, 3.05) is 13.6 Å². The number of nitrogens with zero attached hydrogens (tertiary/aromatic N) is 2. The molecular weight excluding hydrogens is 210 g/mol. The third-order valence-electron chi connectivity index (χ3n) is 2.49. The second kappa shape index (κ2) is 5.04. The molecule has 86 valence electrons. The van der Waals surface area contributed by atoms with Crippen molar-refractivity contribution in [1.29, 1.82) is 5.26 Å². The Hall–Kier alpha value is -1.47. The van der Waals surface area contributed by atoms with E-state index >= 15 is 0 Å². The zero-order valence-electron chi connectivity index (χ0n) is 9.32. The van der Waals surface area contributed by atoms with E-state index in [4.69, 9.17) is 5.26 Å². The first-order chi connectivity index (χ1) is 7.47. The molecule has 0 N–H and O–H groups in total. The summed E-state index contributed by atoms with van der Waals surface area (Å²) in [6.07, 6.45) is 0. The van der Waals surface area contributed by atoms with Crippen molar-refractivity contribution < 1.29 is 8.78 Å². The first-order valence-corrected chi connectivity index (χ1v) is 5.00. The van der Waals surface area contributed by atoms with Crippen LogP contribution in [0, 0.1) is 11.3 Å². The van der Waals surface area contributed by atoms with Gasteiger partial charge >= 0.3 is 0 Å². The van der Waals surface area contributed by atoms with Gasteiger partial charge in [0.2, 0.25) is 0 Å². The van der Waals surface area contributed by atoms with Crippen LogP contribution in [-0.4, -0.2) is 24.5 Å². The van der Waals surface area contributed by atoms with E-state index in [1.165, 1.54) is 24.1 Å². The SMILES string of the molecule is CC(C#N)N(C)CC(F)(F)c1ccccc1. The van der Waals surface area contributed by atoms with Crippen LogP contribution in [0.15, 0.2) is 30.3 Å². The molecule has 0 fully saturated rings. The van der Waals surface area contributed by atoms with E-state index in [9.17, 15) is 8.78 Å². The van der Waals surface area contributed by atoms with Gasteiger partial charge in [0.15, 0.2) is 0 Å². The highest BCUT2D eigenvalue weighted by molar-refractivity contribution is 5.20. The largest absolute Gasteiger partial charge is 0.285 e. The van der Waals surface area contributed by atoms with Gasteiger partial charge in [-0.25, -0.2) is 0 Å². The summed E-state index contributed by atoms with van der Waals surface area (Å²) in [7, 11) is 1.52. The summed E-state index contributed by atoms with van der Waals surface area (Å²) in [4.78, 5) is 1.34. The summed E-state index contributed by atoms with van der Waals surface area (Å²) in [5.41, 5.74) is -0.0213. The fourth-order valence-electron chi connectivity index (χ4n) is 1.32. The molecule has 0 radical (unpaired) electrons. The molecule has 4 heteroatoms. The van der Waals surface area contributed by atoms with Gasteiger partial charge in [0.05, 0.1) is 18.7 Å². The van der Waals surface area contributed by atoms with Crippen LogP contribution in [0.2, 0.25) is 0 Å². The van der Waals surface area contributed by atoms with E-state index in [0.717, 1.165) is 0 Å². The number of hydrogen-bond donors (Lipinski definition) is 0. The minimum Gasteiger partial charge on any atom is -0.285 e. The lowest BCUT2D eigenvalue weighted by Crippen LogP contribution is -2.37. The molecule has 1 aromatic carbocycles. The van der Waals surface area contributed by atoms with Crippen molar-refractivity contribution in [1.82, 2.24) is 4.90 Å². The van der Waals surface area contributed by atoms with Gasteiger partial charge in [0.1, 0.15) is 0 Å². The number of alkyl halides is 2. The van der Waals surface area contributed by atoms with E-state index in [1.807, 2.05) is 6.07 Å². The van der Waals surface area contributed by atoms with E-state index in [-0.39, 0.29) is 5.56 Å². The fraction of sp³-hybridized carbons (Fsp3) is 0.417. The molecule has 0 heterocycles. The minimum atomic E-state index is -2.93. The molecule has 0 aromatic heterocycles. The molecule has 1 rings (SSSR count). The zero-order chi connectivity index (χ0) is 12.2. The van der Waals surface area contributed by atoms with Crippen LogP contribution in [0.4, 0.5) is 8.78 Å². The van der Waals surface area contributed by atoms with Gasteiger partial charge in [-0.2, -0.15) is 14.0 Å². The van der Waals surface area contributed by atoms with Crippen molar-refractivity contribution in [3.63, 3.8) is 0 Å². The highest BCUT2D eigenvalue weighted by Gasteiger charge is 2.33. The Morgan fingerprint density at radius 1 is 1.38 bits per heavy atom. The summed E-state index contributed by atoms with van der Waals surface area (Å²) >= 11 is 0. The van der Waals surface area contributed by atoms with Gasteiger partial charge in [-0.05, 0) is 14.0 Å². The molecule has 1 aromatic rings. The molecule has 0 aliphatic heterocycles. The summed E-state index contributed by atoms with van der Waals surface area (Å²) < 4.78 is 27.5. The smallest absolute Gasteiger partial charge is 0.285 e. The summed E-state index contributed by atoms with van der Waals surface area (Å²) in [5, 5.41) is 8.64. The van der Waals surface area contributed by atoms with Crippen molar-refractivity contribution >= 4 is 0 Å². The zero-order valence-corrected chi connectivity index (χ0v) is 9.32. The van der Waals surface area contributed by atoms with Crippen LogP contribution in [0.3, 0.4) is 0 Å². The quantitative estimate of drug-likeness (QED) is 0.786. The Labute approximate surface area is 94.1 Å². The van der Waals surface area contributed by atoms with Gasteiger partial charge < -0.3 is 0 Å². The van der Waals surface area contributed by atoms with Crippen molar-refractivity contribution in [2.45, 2.75) is 18.9 Å². The molecule has 1 atom stereocenters. The number of benzene rings is 1. The molecule has 0 saturated heterocycles. The van der Waals surface area contributed by atoms with Crippen LogP contribution in [0.5, 0.6) is 0 Å². The molecule has 1 unspecified atom stereocenters. The van der Waals surface area contributed by atoms with Crippen molar-refractivity contribution in [3.05, 3.63) is 35.9 Å². The van der Waals surface area contributed by atoms with Crippen molar-refractivity contribution in [2.24, 2.45) is 0 Å². The lowest BCUT2D eigenvalue weighted by molar-refractivity contribution is -0.0356. The predicted octanol–water partition coefficient (Wildman–Crippen LogP) is 2.62. The lowest BCUT2D eigenvalue weighted by atomic mass is 10.1. The molecule has 0 bridgehead atoms. The normalized spacial score (nSPS) is 13.5. The number of hydrogen-bond acceptors (Lipinski definition) is 2. The highest BCUT2D eigenvalue weighted by Crippen LogP contribution is 2.28. The molecule has 16 heavy (non-hydrogen) atoms. The van der Waals surface area contributed by atoms with Gasteiger partial charge in [-0.3, -0.25) is 4.90 Å². The molecule has 0 spiro atoms. The van der Waals surface area contributed by atoms with E-state index in [0.29, 0.717) is 0 Å². The summed E-state index contributed by atoms with van der Waals surface area (Å²) in [5.74, 6) is -2.93. The van der Waals surface area contributed by atoms with Gasteiger partial charge in [0, 0.05) is 5.56 Å². The highest BCUT2D eigenvalue weighted by atomic mass is 19.3. The summed E-state index contributed by atoms with van der Waals surface area (Å²) in [6.45, 7) is 1.15. The second-order valence-electron chi connectivity index (χ2n) is 3.79. The van der Waals surface area contributed by atoms with Crippen LogP contribution in [0.1, 0.15) is 12.5 Å². The van der Waals surface area contributed by atoms with Crippen LogP contribution < -0.4 is 0 Å². The molecular formula is C12H14F2N2. The molecule has 0 aliphatic rings. The number of nitriles is 1. The third-order valence-corrected chi connectivity index (χ3v) is 2.49. The minimum absolute atomic E-state index is 0.0213.